The Balaban J connectivity index is 1.13. The quantitative estimate of drug-likeness (QED) is 0.168. The normalized spacial score (nSPS) is 11.8. The Hall–Kier alpha value is -8.61. The summed E-state index contributed by atoms with van der Waals surface area (Å²) in [6, 6.07) is 77.4. The standard InChI is InChI=1S/C57H36N6/c1-5-17-37(18-6-1)55-58-56(38-19-7-2-8-20-38)60-57(59-55)39-29-33-50-47(35-39)45-32-34-51-53(46-26-14-16-28-49(46)61(51)40-21-9-3-10-22-40)54(45)63(50)42-30-31-44-43-25-13-15-27-48(43)62(52(44)36-42)41-23-11-4-12-24-41/h1-36H. The second kappa shape index (κ2) is 14.0. The third-order valence-electron chi connectivity index (χ3n) is 12.5. The molecule has 13 rings (SSSR count). The molecule has 0 amide bonds. The fraction of sp³-hybridized carbons (Fsp3) is 0. The lowest BCUT2D eigenvalue weighted by Crippen LogP contribution is -2.00. The largest absolute Gasteiger partial charge is 0.309 e. The van der Waals surface area contributed by atoms with Gasteiger partial charge in [0.15, 0.2) is 17.5 Å². The monoisotopic (exact) mass is 804 g/mol. The minimum atomic E-state index is 0.626. The van der Waals surface area contributed by atoms with Gasteiger partial charge in [-0.3, -0.25) is 0 Å². The summed E-state index contributed by atoms with van der Waals surface area (Å²) in [5.41, 5.74) is 13.0. The SMILES string of the molecule is c1ccc(-c2nc(-c3ccccc3)nc(-c3ccc4c(c3)c3ccc5c(c6ccccc6n5-c5ccccc5)c3n4-c3ccc4c5ccccc5n(-c5ccccc5)c4c3)n2)cc1. The summed E-state index contributed by atoms with van der Waals surface area (Å²) in [4.78, 5) is 15.3. The van der Waals surface area contributed by atoms with E-state index in [4.69, 9.17) is 15.0 Å². The number of aromatic nitrogens is 6. The predicted octanol–water partition coefficient (Wildman–Crippen LogP) is 14.2. The minimum Gasteiger partial charge on any atom is -0.309 e. The molecule has 6 nitrogen and oxygen atoms in total. The second-order valence-electron chi connectivity index (χ2n) is 16.0. The van der Waals surface area contributed by atoms with Crippen molar-refractivity contribution in [2.75, 3.05) is 0 Å². The van der Waals surface area contributed by atoms with E-state index >= 15 is 0 Å². The summed E-state index contributed by atoms with van der Waals surface area (Å²) >= 11 is 0. The highest BCUT2D eigenvalue weighted by molar-refractivity contribution is 6.26. The Morgan fingerprint density at radius 2 is 0.714 bits per heavy atom. The maximum absolute atomic E-state index is 5.14. The van der Waals surface area contributed by atoms with Gasteiger partial charge in [0.2, 0.25) is 0 Å². The van der Waals surface area contributed by atoms with Crippen LogP contribution in [0, 0.1) is 0 Å². The van der Waals surface area contributed by atoms with Crippen LogP contribution in [0.5, 0.6) is 0 Å². The van der Waals surface area contributed by atoms with E-state index in [2.05, 4.69) is 196 Å². The van der Waals surface area contributed by atoms with Gasteiger partial charge in [-0.2, -0.15) is 0 Å². The van der Waals surface area contributed by atoms with E-state index in [1.807, 2.05) is 36.4 Å². The van der Waals surface area contributed by atoms with Gasteiger partial charge in [-0.05, 0) is 72.8 Å². The summed E-state index contributed by atoms with van der Waals surface area (Å²) in [7, 11) is 0. The molecule has 0 aliphatic rings. The zero-order valence-corrected chi connectivity index (χ0v) is 34.0. The molecule has 0 aliphatic carbocycles. The summed E-state index contributed by atoms with van der Waals surface area (Å²) in [6.45, 7) is 0. The highest BCUT2D eigenvalue weighted by Crippen LogP contribution is 2.44. The summed E-state index contributed by atoms with van der Waals surface area (Å²) in [5, 5.41) is 7.11. The Labute approximate surface area is 362 Å². The van der Waals surface area contributed by atoms with Crippen LogP contribution in [0.2, 0.25) is 0 Å². The molecule has 0 bridgehead atoms. The maximum Gasteiger partial charge on any atom is 0.164 e. The Morgan fingerprint density at radius 1 is 0.254 bits per heavy atom. The molecular formula is C57H36N6. The zero-order valence-electron chi connectivity index (χ0n) is 34.0. The molecule has 0 N–H and O–H groups in total. The molecular weight excluding hydrogens is 769 g/mol. The Morgan fingerprint density at radius 3 is 1.35 bits per heavy atom. The second-order valence-corrected chi connectivity index (χ2v) is 16.0. The first kappa shape index (κ1) is 35.2. The van der Waals surface area contributed by atoms with Crippen molar-refractivity contribution in [2.24, 2.45) is 0 Å². The third kappa shape index (κ3) is 5.48. The van der Waals surface area contributed by atoms with Crippen LogP contribution in [0.1, 0.15) is 0 Å². The lowest BCUT2D eigenvalue weighted by atomic mass is 10.1. The molecule has 0 saturated heterocycles. The number of nitrogens with zero attached hydrogens (tertiary/aromatic N) is 6. The van der Waals surface area contributed by atoms with E-state index in [0.29, 0.717) is 17.5 Å². The molecule has 0 fully saturated rings. The molecule has 63 heavy (non-hydrogen) atoms. The molecule has 0 aliphatic heterocycles. The van der Waals surface area contributed by atoms with Crippen LogP contribution in [-0.4, -0.2) is 28.7 Å². The van der Waals surface area contributed by atoms with Gasteiger partial charge in [-0.25, -0.2) is 15.0 Å². The van der Waals surface area contributed by atoms with E-state index in [9.17, 15) is 0 Å². The smallest absolute Gasteiger partial charge is 0.164 e. The summed E-state index contributed by atoms with van der Waals surface area (Å²) in [5.74, 6) is 1.90. The molecule has 0 atom stereocenters. The van der Waals surface area contributed by atoms with Gasteiger partial charge in [0.1, 0.15) is 0 Å². The van der Waals surface area contributed by atoms with Gasteiger partial charge < -0.3 is 13.7 Å². The molecule has 0 saturated carbocycles. The number of hydrogen-bond acceptors (Lipinski definition) is 3. The number of benzene rings is 9. The van der Waals surface area contributed by atoms with Crippen LogP contribution in [0.25, 0.3) is 117 Å². The minimum absolute atomic E-state index is 0.626. The number of fused-ring (bicyclic) bond motifs is 10. The van der Waals surface area contributed by atoms with Gasteiger partial charge >= 0.3 is 0 Å². The maximum atomic E-state index is 5.14. The topological polar surface area (TPSA) is 53.5 Å². The first-order valence-corrected chi connectivity index (χ1v) is 21.3. The van der Waals surface area contributed by atoms with Crippen molar-refractivity contribution in [3.63, 3.8) is 0 Å². The molecule has 6 heteroatoms. The van der Waals surface area contributed by atoms with Crippen molar-refractivity contribution in [1.82, 2.24) is 28.7 Å². The summed E-state index contributed by atoms with van der Waals surface area (Å²) < 4.78 is 7.27. The van der Waals surface area contributed by atoms with E-state index in [1.165, 1.54) is 27.1 Å². The van der Waals surface area contributed by atoms with Crippen LogP contribution in [0.4, 0.5) is 0 Å². The van der Waals surface area contributed by atoms with Crippen molar-refractivity contribution in [3.8, 4) is 51.2 Å². The Bertz CT molecular complexity index is 3830. The van der Waals surface area contributed by atoms with Crippen LogP contribution in [0.15, 0.2) is 218 Å². The van der Waals surface area contributed by atoms with Crippen LogP contribution in [-0.2, 0) is 0 Å². The van der Waals surface area contributed by atoms with E-state index in [0.717, 1.165) is 72.1 Å². The average molecular weight is 805 g/mol. The van der Waals surface area contributed by atoms with Crippen LogP contribution < -0.4 is 0 Å². The molecule has 0 spiro atoms. The van der Waals surface area contributed by atoms with Crippen LogP contribution in [0.3, 0.4) is 0 Å². The first-order chi connectivity index (χ1) is 31.3. The fourth-order valence-corrected chi connectivity index (χ4v) is 9.71. The molecule has 9 aromatic carbocycles. The van der Waals surface area contributed by atoms with Gasteiger partial charge in [-0.15, -0.1) is 0 Å². The predicted molar refractivity (Wildman–Crippen MR) is 259 cm³/mol. The van der Waals surface area contributed by atoms with Crippen molar-refractivity contribution in [2.45, 2.75) is 0 Å². The molecule has 0 radical (unpaired) electrons. The highest BCUT2D eigenvalue weighted by Gasteiger charge is 2.23. The van der Waals surface area contributed by atoms with Crippen LogP contribution >= 0.6 is 0 Å². The molecule has 4 aromatic heterocycles. The number of rotatable bonds is 6. The first-order valence-electron chi connectivity index (χ1n) is 21.3. The van der Waals surface area contributed by atoms with Crippen molar-refractivity contribution in [3.05, 3.63) is 218 Å². The van der Waals surface area contributed by atoms with E-state index < -0.39 is 0 Å². The van der Waals surface area contributed by atoms with Gasteiger partial charge in [-0.1, -0.05) is 146 Å². The van der Waals surface area contributed by atoms with Gasteiger partial charge in [0.05, 0.1) is 33.1 Å². The molecule has 294 valence electrons. The van der Waals surface area contributed by atoms with Crippen molar-refractivity contribution < 1.29 is 0 Å². The number of para-hydroxylation sites is 4. The van der Waals surface area contributed by atoms with Gasteiger partial charge in [0.25, 0.3) is 0 Å². The number of hydrogen-bond donors (Lipinski definition) is 0. The van der Waals surface area contributed by atoms with E-state index in [-0.39, 0.29) is 0 Å². The molecule has 0 unspecified atom stereocenters. The Kier molecular flexibility index (Phi) is 7.80. The molecule has 4 heterocycles. The van der Waals surface area contributed by atoms with Crippen molar-refractivity contribution in [1.29, 1.82) is 0 Å². The third-order valence-corrected chi connectivity index (χ3v) is 12.5. The van der Waals surface area contributed by atoms with E-state index in [1.54, 1.807) is 0 Å². The lowest BCUT2D eigenvalue weighted by Gasteiger charge is -2.12. The highest BCUT2D eigenvalue weighted by atomic mass is 15.0. The molecule has 13 aromatic rings. The van der Waals surface area contributed by atoms with Crippen molar-refractivity contribution >= 4 is 65.4 Å². The summed E-state index contributed by atoms with van der Waals surface area (Å²) in [6.07, 6.45) is 0. The average Bonchev–Trinajstić information content (AvgIpc) is 4.00. The lowest BCUT2D eigenvalue weighted by molar-refractivity contribution is 1.07. The fourth-order valence-electron chi connectivity index (χ4n) is 9.71. The zero-order chi connectivity index (χ0) is 41.4. The van der Waals surface area contributed by atoms with Gasteiger partial charge in [0, 0.05) is 66.1 Å².